The first-order valence-electron chi connectivity index (χ1n) is 5.25. The van der Waals surface area contributed by atoms with E-state index in [2.05, 4.69) is 5.48 Å². The number of benzene rings is 1. The molecular formula is C12H20N2O. The molecule has 0 saturated carbocycles. The van der Waals surface area contributed by atoms with E-state index in [-0.39, 0.29) is 5.54 Å². The zero-order valence-electron chi connectivity index (χ0n) is 9.49. The molecule has 0 spiro atoms. The highest BCUT2D eigenvalue weighted by Crippen LogP contribution is 2.02. The Hall–Kier alpha value is -0.900. The average Bonchev–Trinajstić information content (AvgIpc) is 2.17. The third-order valence-corrected chi connectivity index (χ3v) is 2.06. The number of nitrogens with two attached hydrogens (primary N) is 1. The molecule has 0 aliphatic carbocycles. The van der Waals surface area contributed by atoms with Gasteiger partial charge in [0.05, 0.1) is 6.61 Å². The predicted octanol–water partition coefficient (Wildman–Crippen LogP) is 1.84. The van der Waals surface area contributed by atoms with Crippen LogP contribution in [0.5, 0.6) is 0 Å². The minimum atomic E-state index is -0.136. The molecular weight excluding hydrogens is 188 g/mol. The molecule has 0 amide bonds. The van der Waals surface area contributed by atoms with E-state index < -0.39 is 0 Å². The third kappa shape index (κ3) is 6.23. The molecule has 0 atom stereocenters. The molecule has 0 saturated heterocycles. The first-order valence-corrected chi connectivity index (χ1v) is 5.25. The van der Waals surface area contributed by atoms with Crippen LogP contribution in [0, 0.1) is 0 Å². The Morgan fingerprint density at radius 2 is 1.93 bits per heavy atom. The average molecular weight is 208 g/mol. The summed E-state index contributed by atoms with van der Waals surface area (Å²) in [6.45, 7) is 5.37. The third-order valence-electron chi connectivity index (χ3n) is 2.06. The van der Waals surface area contributed by atoms with Gasteiger partial charge in [0.25, 0.3) is 0 Å². The van der Waals surface area contributed by atoms with Crippen molar-refractivity contribution < 1.29 is 4.84 Å². The van der Waals surface area contributed by atoms with Gasteiger partial charge in [-0.05, 0) is 25.8 Å². The van der Waals surface area contributed by atoms with Crippen LogP contribution < -0.4 is 11.2 Å². The van der Waals surface area contributed by atoms with E-state index in [1.54, 1.807) is 0 Å². The van der Waals surface area contributed by atoms with Crippen molar-refractivity contribution in [3.63, 3.8) is 0 Å². The Labute approximate surface area is 91.6 Å². The number of hydroxylamine groups is 1. The van der Waals surface area contributed by atoms with Crippen molar-refractivity contribution in [1.82, 2.24) is 5.48 Å². The van der Waals surface area contributed by atoms with Crippen molar-refractivity contribution in [2.75, 3.05) is 6.54 Å². The molecule has 0 radical (unpaired) electrons. The lowest BCUT2D eigenvalue weighted by atomic mass is 10.0. The summed E-state index contributed by atoms with van der Waals surface area (Å²) in [6.07, 6.45) is 0.891. The Morgan fingerprint density at radius 1 is 1.27 bits per heavy atom. The monoisotopic (exact) mass is 208 g/mol. The van der Waals surface area contributed by atoms with Crippen LogP contribution in [0.3, 0.4) is 0 Å². The lowest BCUT2D eigenvalue weighted by Crippen LogP contribution is -2.35. The Balaban J connectivity index is 2.08. The van der Waals surface area contributed by atoms with Crippen molar-refractivity contribution in [1.29, 1.82) is 0 Å². The van der Waals surface area contributed by atoms with Gasteiger partial charge in [-0.15, -0.1) is 0 Å². The van der Waals surface area contributed by atoms with Gasteiger partial charge >= 0.3 is 0 Å². The van der Waals surface area contributed by atoms with E-state index in [0.29, 0.717) is 6.61 Å². The number of hydrogen-bond acceptors (Lipinski definition) is 3. The molecule has 3 nitrogen and oxygen atoms in total. The van der Waals surface area contributed by atoms with Gasteiger partial charge in [-0.3, -0.25) is 4.84 Å². The molecule has 0 bridgehead atoms. The van der Waals surface area contributed by atoms with Crippen LogP contribution in [0.4, 0.5) is 0 Å². The summed E-state index contributed by atoms with van der Waals surface area (Å²) in [4.78, 5) is 5.31. The van der Waals surface area contributed by atoms with Gasteiger partial charge in [0, 0.05) is 12.1 Å². The number of nitrogens with one attached hydrogen (secondary N) is 1. The predicted molar refractivity (Wildman–Crippen MR) is 62.1 cm³/mol. The fraction of sp³-hybridized carbons (Fsp3) is 0.500. The molecule has 0 heterocycles. The van der Waals surface area contributed by atoms with Crippen LogP contribution >= 0.6 is 0 Å². The summed E-state index contributed by atoms with van der Waals surface area (Å²) < 4.78 is 0. The molecule has 1 rings (SSSR count). The summed E-state index contributed by atoms with van der Waals surface area (Å²) in [5, 5.41) is 0. The Bertz CT molecular complexity index is 267. The van der Waals surface area contributed by atoms with E-state index in [1.165, 1.54) is 0 Å². The van der Waals surface area contributed by atoms with E-state index >= 15 is 0 Å². The SMILES string of the molecule is CC(C)(N)CCNOCc1ccccc1. The van der Waals surface area contributed by atoms with E-state index in [0.717, 1.165) is 18.5 Å². The van der Waals surface area contributed by atoms with E-state index in [1.807, 2.05) is 44.2 Å². The lowest BCUT2D eigenvalue weighted by Gasteiger charge is -2.18. The van der Waals surface area contributed by atoms with Gasteiger partial charge in [-0.25, -0.2) is 5.48 Å². The highest BCUT2D eigenvalue weighted by atomic mass is 16.6. The highest BCUT2D eigenvalue weighted by Gasteiger charge is 2.08. The molecule has 15 heavy (non-hydrogen) atoms. The van der Waals surface area contributed by atoms with Crippen LogP contribution in [0.25, 0.3) is 0 Å². The first-order chi connectivity index (χ1) is 7.08. The lowest BCUT2D eigenvalue weighted by molar-refractivity contribution is 0.0250. The number of rotatable bonds is 6. The smallest absolute Gasteiger partial charge is 0.0933 e. The van der Waals surface area contributed by atoms with Gasteiger partial charge in [0.2, 0.25) is 0 Å². The standard InChI is InChI=1S/C12H20N2O/c1-12(2,13)8-9-14-15-10-11-6-4-3-5-7-11/h3-7,14H,8-10,13H2,1-2H3. The van der Waals surface area contributed by atoms with Crippen molar-refractivity contribution in [2.45, 2.75) is 32.4 Å². The van der Waals surface area contributed by atoms with Crippen molar-refractivity contribution >= 4 is 0 Å². The largest absolute Gasteiger partial charge is 0.326 e. The van der Waals surface area contributed by atoms with Gasteiger partial charge in [0.15, 0.2) is 0 Å². The van der Waals surface area contributed by atoms with Crippen molar-refractivity contribution in [2.24, 2.45) is 5.73 Å². The summed E-state index contributed by atoms with van der Waals surface area (Å²) >= 11 is 0. The van der Waals surface area contributed by atoms with Crippen LogP contribution in [-0.2, 0) is 11.4 Å². The van der Waals surface area contributed by atoms with Crippen LogP contribution in [0.1, 0.15) is 25.8 Å². The second kappa shape index (κ2) is 5.85. The molecule has 0 fully saturated rings. The van der Waals surface area contributed by atoms with Crippen LogP contribution in [0.2, 0.25) is 0 Å². The molecule has 1 aromatic rings. The van der Waals surface area contributed by atoms with Gasteiger partial charge in [0.1, 0.15) is 0 Å². The summed E-state index contributed by atoms with van der Waals surface area (Å²) in [7, 11) is 0. The minimum Gasteiger partial charge on any atom is -0.326 e. The summed E-state index contributed by atoms with van der Waals surface area (Å²) in [5.41, 5.74) is 9.77. The maximum atomic E-state index is 5.83. The Morgan fingerprint density at radius 3 is 2.53 bits per heavy atom. The second-order valence-electron chi connectivity index (χ2n) is 4.41. The zero-order valence-corrected chi connectivity index (χ0v) is 9.49. The highest BCUT2D eigenvalue weighted by molar-refractivity contribution is 5.13. The number of hydrogen-bond donors (Lipinski definition) is 2. The molecule has 0 aromatic heterocycles. The quantitative estimate of drug-likeness (QED) is 0.554. The Kier molecular flexibility index (Phi) is 4.75. The molecule has 1 aromatic carbocycles. The minimum absolute atomic E-state index is 0.136. The molecule has 0 aliphatic heterocycles. The normalized spacial score (nSPS) is 11.7. The van der Waals surface area contributed by atoms with E-state index in [4.69, 9.17) is 10.6 Å². The maximum Gasteiger partial charge on any atom is 0.0933 e. The van der Waals surface area contributed by atoms with Gasteiger partial charge < -0.3 is 5.73 Å². The first kappa shape index (κ1) is 12.2. The zero-order chi connectivity index (χ0) is 11.1. The molecule has 0 aliphatic rings. The second-order valence-corrected chi connectivity index (χ2v) is 4.41. The van der Waals surface area contributed by atoms with Crippen LogP contribution in [-0.4, -0.2) is 12.1 Å². The summed E-state index contributed by atoms with van der Waals surface area (Å²) in [5.74, 6) is 0. The fourth-order valence-electron chi connectivity index (χ4n) is 1.15. The molecule has 3 heteroatoms. The molecule has 0 unspecified atom stereocenters. The van der Waals surface area contributed by atoms with Crippen molar-refractivity contribution in [3.8, 4) is 0 Å². The van der Waals surface area contributed by atoms with Crippen molar-refractivity contribution in [3.05, 3.63) is 35.9 Å². The molecule has 84 valence electrons. The topological polar surface area (TPSA) is 47.3 Å². The fourth-order valence-corrected chi connectivity index (χ4v) is 1.15. The van der Waals surface area contributed by atoms with E-state index in [9.17, 15) is 0 Å². The van der Waals surface area contributed by atoms with Crippen LogP contribution in [0.15, 0.2) is 30.3 Å². The van der Waals surface area contributed by atoms with Gasteiger partial charge in [-0.1, -0.05) is 30.3 Å². The van der Waals surface area contributed by atoms with Gasteiger partial charge in [-0.2, -0.15) is 0 Å². The maximum absolute atomic E-state index is 5.83. The summed E-state index contributed by atoms with van der Waals surface area (Å²) in [6, 6.07) is 10.1. The molecule has 3 N–H and O–H groups in total.